The molecule has 0 aromatic heterocycles. The van der Waals surface area contributed by atoms with Crippen LogP contribution < -0.4 is 14.9 Å². The minimum Gasteiger partial charge on any atom is -0.493 e. The van der Waals surface area contributed by atoms with Crippen LogP contribution in [0.3, 0.4) is 0 Å². The van der Waals surface area contributed by atoms with Crippen LogP contribution in [-0.2, 0) is 9.31 Å². The molecule has 0 N–H and O–H groups in total. The molecule has 1 aromatic carbocycles. The lowest BCUT2D eigenvalue weighted by atomic mass is 9.79. The van der Waals surface area contributed by atoms with Crippen molar-refractivity contribution in [1.82, 2.24) is 4.90 Å². The number of hydrogen-bond donors (Lipinski definition) is 0. The van der Waals surface area contributed by atoms with Crippen molar-refractivity contribution < 1.29 is 18.8 Å². The maximum atomic E-state index is 6.08. The maximum Gasteiger partial charge on any atom is 0.494 e. The van der Waals surface area contributed by atoms with E-state index in [-0.39, 0.29) is 11.2 Å². The number of rotatable bonds is 6. The van der Waals surface area contributed by atoms with Gasteiger partial charge in [0.05, 0.1) is 18.3 Å². The zero-order valence-corrected chi connectivity index (χ0v) is 15.3. The van der Waals surface area contributed by atoms with Crippen molar-refractivity contribution in [3.63, 3.8) is 0 Å². The first-order valence-electron chi connectivity index (χ1n) is 7.97. The van der Waals surface area contributed by atoms with Crippen LogP contribution in [0.15, 0.2) is 18.2 Å². The fourth-order valence-corrected chi connectivity index (χ4v) is 2.27. The average Bonchev–Trinajstić information content (AvgIpc) is 2.67. The van der Waals surface area contributed by atoms with E-state index in [1.165, 1.54) is 0 Å². The minimum atomic E-state index is -0.398. The minimum absolute atomic E-state index is 0.355. The molecule has 128 valence electrons. The van der Waals surface area contributed by atoms with E-state index in [9.17, 15) is 0 Å². The highest BCUT2D eigenvalue weighted by Crippen LogP contribution is 2.37. The maximum absolute atomic E-state index is 6.08. The molecular weight excluding hydrogens is 293 g/mol. The Kier molecular flexibility index (Phi) is 5.28. The Morgan fingerprint density at radius 1 is 1.04 bits per heavy atom. The van der Waals surface area contributed by atoms with Crippen LogP contribution in [0.1, 0.15) is 27.7 Å². The van der Waals surface area contributed by atoms with Gasteiger partial charge in [-0.3, -0.25) is 0 Å². The van der Waals surface area contributed by atoms with E-state index in [0.717, 1.165) is 17.8 Å². The van der Waals surface area contributed by atoms with Gasteiger partial charge in [-0.1, -0.05) is 6.07 Å². The molecule has 0 aliphatic carbocycles. The molecule has 0 radical (unpaired) electrons. The van der Waals surface area contributed by atoms with E-state index >= 15 is 0 Å². The highest BCUT2D eigenvalue weighted by molar-refractivity contribution is 6.62. The molecule has 1 fully saturated rings. The Labute approximate surface area is 140 Å². The number of methoxy groups -OCH3 is 1. The lowest BCUT2D eigenvalue weighted by molar-refractivity contribution is 0.00578. The molecule has 23 heavy (non-hydrogen) atoms. The first kappa shape index (κ1) is 18.1. The second-order valence-corrected chi connectivity index (χ2v) is 7.15. The summed E-state index contributed by atoms with van der Waals surface area (Å²) in [5.74, 6) is 1.42. The molecular formula is C17H28BNO4. The molecule has 1 saturated heterocycles. The fraction of sp³-hybridized carbons (Fsp3) is 0.647. The first-order valence-corrected chi connectivity index (χ1v) is 7.97. The van der Waals surface area contributed by atoms with Crippen molar-refractivity contribution in [2.45, 2.75) is 38.9 Å². The van der Waals surface area contributed by atoms with E-state index in [0.29, 0.717) is 12.4 Å². The van der Waals surface area contributed by atoms with E-state index in [2.05, 4.69) is 4.90 Å². The van der Waals surface area contributed by atoms with Crippen molar-refractivity contribution in [2.24, 2.45) is 0 Å². The molecule has 1 aliphatic rings. The van der Waals surface area contributed by atoms with Gasteiger partial charge in [-0.25, -0.2) is 0 Å². The molecule has 2 rings (SSSR count). The molecule has 1 aromatic rings. The van der Waals surface area contributed by atoms with E-state index < -0.39 is 7.12 Å². The molecule has 6 heteroatoms. The molecule has 0 unspecified atom stereocenters. The van der Waals surface area contributed by atoms with Gasteiger partial charge < -0.3 is 23.7 Å². The van der Waals surface area contributed by atoms with Gasteiger partial charge in [0.15, 0.2) is 11.5 Å². The predicted molar refractivity (Wildman–Crippen MR) is 92.8 cm³/mol. The molecule has 1 heterocycles. The molecule has 0 spiro atoms. The van der Waals surface area contributed by atoms with Crippen molar-refractivity contribution in [3.8, 4) is 11.5 Å². The third kappa shape index (κ3) is 4.00. The normalized spacial score (nSPS) is 19.2. The van der Waals surface area contributed by atoms with Crippen LogP contribution in [0.4, 0.5) is 0 Å². The number of hydrogen-bond acceptors (Lipinski definition) is 5. The van der Waals surface area contributed by atoms with Gasteiger partial charge in [0.1, 0.15) is 6.61 Å². The van der Waals surface area contributed by atoms with Gasteiger partial charge in [-0.15, -0.1) is 0 Å². The topological polar surface area (TPSA) is 40.2 Å². The summed E-state index contributed by atoms with van der Waals surface area (Å²) in [6.07, 6.45) is 0. The standard InChI is InChI=1S/C17H28BNO4/c1-16(2)17(3,4)23-18(22-16)13-8-9-14(15(12-13)20-7)21-11-10-19(5)6/h8-9,12H,10-11H2,1-7H3. The summed E-state index contributed by atoms with van der Waals surface area (Å²) in [6, 6.07) is 5.80. The highest BCUT2D eigenvalue weighted by Gasteiger charge is 2.51. The van der Waals surface area contributed by atoms with Gasteiger partial charge in [-0.2, -0.15) is 0 Å². The Morgan fingerprint density at radius 3 is 2.17 bits per heavy atom. The molecule has 1 aliphatic heterocycles. The van der Waals surface area contributed by atoms with Crippen molar-refractivity contribution in [3.05, 3.63) is 18.2 Å². The van der Waals surface area contributed by atoms with Gasteiger partial charge in [0, 0.05) is 6.54 Å². The van der Waals surface area contributed by atoms with Crippen molar-refractivity contribution in [1.29, 1.82) is 0 Å². The summed E-state index contributed by atoms with van der Waals surface area (Å²) in [6.45, 7) is 9.64. The van der Waals surface area contributed by atoms with E-state index in [4.69, 9.17) is 18.8 Å². The van der Waals surface area contributed by atoms with Crippen LogP contribution in [-0.4, -0.2) is 57.6 Å². The van der Waals surface area contributed by atoms with E-state index in [1.807, 2.05) is 60.0 Å². The number of ether oxygens (including phenoxy) is 2. The summed E-state index contributed by atoms with van der Waals surface area (Å²) in [5.41, 5.74) is 0.220. The third-order valence-electron chi connectivity index (χ3n) is 4.51. The van der Waals surface area contributed by atoms with Crippen LogP contribution in [0, 0.1) is 0 Å². The summed E-state index contributed by atoms with van der Waals surface area (Å²) < 4.78 is 23.4. The summed E-state index contributed by atoms with van der Waals surface area (Å²) in [7, 11) is 5.27. The van der Waals surface area contributed by atoms with Crippen LogP contribution >= 0.6 is 0 Å². The summed E-state index contributed by atoms with van der Waals surface area (Å²) in [5, 5.41) is 0. The Hall–Kier alpha value is -1.24. The quantitative estimate of drug-likeness (QED) is 0.749. The predicted octanol–water partition coefficient (Wildman–Crippen LogP) is 1.93. The molecule has 0 amide bonds. The van der Waals surface area contributed by atoms with Crippen molar-refractivity contribution >= 4 is 12.6 Å². The second kappa shape index (κ2) is 6.71. The van der Waals surface area contributed by atoms with Crippen LogP contribution in [0.25, 0.3) is 0 Å². The molecule has 0 bridgehead atoms. The fourth-order valence-electron chi connectivity index (χ4n) is 2.27. The molecule has 5 nitrogen and oxygen atoms in total. The highest BCUT2D eigenvalue weighted by atomic mass is 16.7. The summed E-state index contributed by atoms with van der Waals surface area (Å²) >= 11 is 0. The zero-order valence-electron chi connectivity index (χ0n) is 15.3. The zero-order chi connectivity index (χ0) is 17.3. The van der Waals surface area contributed by atoms with Gasteiger partial charge in [-0.05, 0) is 59.4 Å². The molecule has 0 atom stereocenters. The Bertz CT molecular complexity index is 529. The smallest absolute Gasteiger partial charge is 0.493 e. The van der Waals surface area contributed by atoms with Crippen LogP contribution in [0.2, 0.25) is 0 Å². The Morgan fingerprint density at radius 2 is 1.65 bits per heavy atom. The van der Waals surface area contributed by atoms with Crippen molar-refractivity contribution in [2.75, 3.05) is 34.4 Å². The van der Waals surface area contributed by atoms with Crippen LogP contribution in [0.5, 0.6) is 11.5 Å². The van der Waals surface area contributed by atoms with Gasteiger partial charge in [0.25, 0.3) is 0 Å². The van der Waals surface area contributed by atoms with Gasteiger partial charge in [0.2, 0.25) is 0 Å². The largest absolute Gasteiger partial charge is 0.494 e. The number of nitrogens with zero attached hydrogens (tertiary/aromatic N) is 1. The molecule has 0 saturated carbocycles. The lowest BCUT2D eigenvalue weighted by Gasteiger charge is -2.32. The average molecular weight is 321 g/mol. The van der Waals surface area contributed by atoms with E-state index in [1.54, 1.807) is 7.11 Å². The second-order valence-electron chi connectivity index (χ2n) is 7.15. The van der Waals surface area contributed by atoms with Gasteiger partial charge >= 0.3 is 7.12 Å². The monoisotopic (exact) mass is 321 g/mol. The third-order valence-corrected chi connectivity index (χ3v) is 4.51. The lowest BCUT2D eigenvalue weighted by Crippen LogP contribution is -2.41. The summed E-state index contributed by atoms with van der Waals surface area (Å²) in [4.78, 5) is 2.07. The first-order chi connectivity index (χ1) is 10.7. The SMILES string of the molecule is COc1cc(B2OC(C)(C)C(C)(C)O2)ccc1OCCN(C)C. The Balaban J connectivity index is 2.13. The number of benzene rings is 1. The number of likely N-dealkylation sites (N-methyl/N-ethyl adjacent to an activating group) is 1.